The zero-order valence-corrected chi connectivity index (χ0v) is 13.7. The van der Waals surface area contributed by atoms with E-state index >= 15 is 0 Å². The smallest absolute Gasteiger partial charge is 0.256 e. The second-order valence-corrected chi connectivity index (χ2v) is 6.51. The minimum absolute atomic E-state index is 0.133. The van der Waals surface area contributed by atoms with Crippen LogP contribution in [0.3, 0.4) is 0 Å². The predicted molar refractivity (Wildman–Crippen MR) is 91.9 cm³/mol. The van der Waals surface area contributed by atoms with E-state index in [0.29, 0.717) is 26.2 Å². The number of halogens is 1. The average Bonchev–Trinajstić information content (AvgIpc) is 3.10. The second kappa shape index (κ2) is 6.16. The molecule has 1 saturated heterocycles. The number of rotatable bonds is 2. The lowest BCUT2D eigenvalue weighted by molar-refractivity contribution is 0.0742. The highest BCUT2D eigenvalue weighted by Gasteiger charge is 2.25. The Morgan fingerprint density at radius 1 is 1.08 bits per heavy atom. The summed E-state index contributed by atoms with van der Waals surface area (Å²) in [4.78, 5) is 25.0. The Morgan fingerprint density at radius 2 is 1.88 bits per heavy atom. The van der Waals surface area contributed by atoms with Crippen LogP contribution >= 0.6 is 11.3 Å². The lowest BCUT2D eigenvalue weighted by Crippen LogP contribution is -2.49. The van der Waals surface area contributed by atoms with Gasteiger partial charge in [0, 0.05) is 26.2 Å². The number of anilines is 1. The Bertz CT molecular complexity index is 889. The Kier molecular flexibility index (Phi) is 3.86. The number of hydrogen-bond donors (Lipinski definition) is 0. The molecule has 4 rings (SSSR count). The molecule has 5 nitrogen and oxygen atoms in total. The summed E-state index contributed by atoms with van der Waals surface area (Å²) < 4.78 is 14.9. The van der Waals surface area contributed by atoms with Crippen LogP contribution in [0, 0.1) is 5.82 Å². The third-order valence-electron chi connectivity index (χ3n) is 4.20. The van der Waals surface area contributed by atoms with Crippen LogP contribution in [0.1, 0.15) is 10.4 Å². The fourth-order valence-electron chi connectivity index (χ4n) is 2.93. The topological polar surface area (TPSA) is 49.3 Å². The van der Waals surface area contributed by atoms with Gasteiger partial charge in [-0.05, 0) is 23.6 Å². The summed E-state index contributed by atoms with van der Waals surface area (Å²) in [6.07, 6.45) is 1.57. The van der Waals surface area contributed by atoms with Gasteiger partial charge in [-0.15, -0.1) is 11.3 Å². The molecule has 0 spiro atoms. The van der Waals surface area contributed by atoms with E-state index in [1.807, 2.05) is 11.4 Å². The molecule has 3 aromatic rings. The maximum atomic E-state index is 13.8. The van der Waals surface area contributed by atoms with Crippen LogP contribution in [0.5, 0.6) is 0 Å². The summed E-state index contributed by atoms with van der Waals surface area (Å²) in [5, 5.41) is 2.00. The number of nitrogens with zero attached hydrogens (tertiary/aromatic N) is 4. The minimum Gasteiger partial charge on any atom is -0.352 e. The first-order valence-electron chi connectivity index (χ1n) is 7.71. The van der Waals surface area contributed by atoms with Crippen LogP contribution in [0.4, 0.5) is 10.2 Å². The van der Waals surface area contributed by atoms with Gasteiger partial charge in [0.1, 0.15) is 18.0 Å². The van der Waals surface area contributed by atoms with E-state index in [1.54, 1.807) is 34.7 Å². The molecule has 0 bridgehead atoms. The molecule has 1 aliphatic rings. The molecule has 1 aliphatic heterocycles. The zero-order valence-electron chi connectivity index (χ0n) is 12.9. The van der Waals surface area contributed by atoms with Crippen molar-refractivity contribution in [2.45, 2.75) is 0 Å². The maximum absolute atomic E-state index is 13.8. The molecule has 0 aliphatic carbocycles. The monoisotopic (exact) mass is 342 g/mol. The number of piperazine rings is 1. The van der Waals surface area contributed by atoms with E-state index in [0.717, 1.165) is 16.0 Å². The molecule has 2 aromatic heterocycles. The van der Waals surface area contributed by atoms with Gasteiger partial charge in [-0.1, -0.05) is 12.1 Å². The fourth-order valence-corrected chi connectivity index (χ4v) is 3.79. The SMILES string of the molecule is O=C(c1ccccc1F)N1CCN(c2ncnc3ccsc23)CC1. The fraction of sp³-hybridized carbons (Fsp3) is 0.235. The van der Waals surface area contributed by atoms with Gasteiger partial charge in [0.05, 0.1) is 15.8 Å². The van der Waals surface area contributed by atoms with Gasteiger partial charge in [0.2, 0.25) is 0 Å². The molecule has 0 N–H and O–H groups in total. The zero-order chi connectivity index (χ0) is 16.5. The first-order valence-corrected chi connectivity index (χ1v) is 8.59. The summed E-state index contributed by atoms with van der Waals surface area (Å²) in [6, 6.07) is 8.09. The molecule has 0 unspecified atom stereocenters. The Labute approximate surface area is 142 Å². The summed E-state index contributed by atoms with van der Waals surface area (Å²) in [6.45, 7) is 2.43. The summed E-state index contributed by atoms with van der Waals surface area (Å²) in [5.74, 6) is 0.186. The van der Waals surface area contributed by atoms with Crippen LogP contribution < -0.4 is 4.90 Å². The van der Waals surface area contributed by atoms with Crippen LogP contribution in [-0.4, -0.2) is 47.0 Å². The van der Waals surface area contributed by atoms with Crippen molar-refractivity contribution < 1.29 is 9.18 Å². The molecule has 122 valence electrons. The standard InChI is InChI=1S/C17H15FN4OS/c18-13-4-2-1-3-12(13)17(23)22-8-6-21(7-9-22)16-15-14(5-10-24-15)19-11-20-16/h1-5,10-11H,6-9H2. The first-order chi connectivity index (χ1) is 11.7. The number of hydrogen-bond acceptors (Lipinski definition) is 5. The third kappa shape index (κ3) is 2.60. The van der Waals surface area contributed by atoms with Gasteiger partial charge in [0.15, 0.2) is 0 Å². The van der Waals surface area contributed by atoms with Gasteiger partial charge in [-0.3, -0.25) is 4.79 Å². The van der Waals surface area contributed by atoms with Crippen LogP contribution in [-0.2, 0) is 0 Å². The van der Waals surface area contributed by atoms with E-state index in [9.17, 15) is 9.18 Å². The summed E-state index contributed by atoms with van der Waals surface area (Å²) in [5.41, 5.74) is 1.07. The van der Waals surface area contributed by atoms with Crippen molar-refractivity contribution in [2.24, 2.45) is 0 Å². The average molecular weight is 342 g/mol. The Hall–Kier alpha value is -2.54. The van der Waals surface area contributed by atoms with Gasteiger partial charge in [-0.25, -0.2) is 14.4 Å². The van der Waals surface area contributed by atoms with Gasteiger partial charge < -0.3 is 9.80 Å². The summed E-state index contributed by atoms with van der Waals surface area (Å²) in [7, 11) is 0. The number of aromatic nitrogens is 2. The minimum atomic E-state index is -0.471. The molecule has 3 heterocycles. The number of carbonyl (C=O) groups is 1. The number of benzene rings is 1. The molecule has 7 heteroatoms. The Balaban J connectivity index is 1.50. The number of fused-ring (bicyclic) bond motifs is 1. The number of thiophene rings is 1. The van der Waals surface area contributed by atoms with E-state index in [2.05, 4.69) is 14.9 Å². The quantitative estimate of drug-likeness (QED) is 0.719. The highest BCUT2D eigenvalue weighted by molar-refractivity contribution is 7.17. The number of amides is 1. The van der Waals surface area contributed by atoms with Crippen molar-refractivity contribution in [1.29, 1.82) is 0 Å². The van der Waals surface area contributed by atoms with E-state index in [4.69, 9.17) is 0 Å². The Morgan fingerprint density at radius 3 is 2.67 bits per heavy atom. The van der Waals surface area contributed by atoms with Crippen LogP contribution in [0.25, 0.3) is 10.2 Å². The molecular formula is C17H15FN4OS. The second-order valence-electron chi connectivity index (χ2n) is 5.59. The molecule has 1 amide bonds. The van der Waals surface area contributed by atoms with Gasteiger partial charge >= 0.3 is 0 Å². The maximum Gasteiger partial charge on any atom is 0.256 e. The molecule has 0 atom stereocenters. The van der Waals surface area contributed by atoms with Gasteiger partial charge in [-0.2, -0.15) is 0 Å². The van der Waals surface area contributed by atoms with E-state index in [-0.39, 0.29) is 11.5 Å². The van der Waals surface area contributed by atoms with Crippen molar-refractivity contribution in [3.63, 3.8) is 0 Å². The highest BCUT2D eigenvalue weighted by Crippen LogP contribution is 2.28. The number of carbonyl (C=O) groups excluding carboxylic acids is 1. The van der Waals surface area contributed by atoms with Crippen molar-refractivity contribution >= 4 is 33.3 Å². The third-order valence-corrected chi connectivity index (χ3v) is 5.09. The highest BCUT2D eigenvalue weighted by atomic mass is 32.1. The molecule has 1 aromatic carbocycles. The van der Waals surface area contributed by atoms with Gasteiger partial charge in [0.25, 0.3) is 5.91 Å². The molecule has 0 radical (unpaired) electrons. The first kappa shape index (κ1) is 15.0. The normalized spacial score (nSPS) is 15.0. The lowest BCUT2D eigenvalue weighted by Gasteiger charge is -2.35. The molecule has 24 heavy (non-hydrogen) atoms. The van der Waals surface area contributed by atoms with E-state index in [1.165, 1.54) is 12.1 Å². The summed E-state index contributed by atoms with van der Waals surface area (Å²) >= 11 is 1.62. The molecule has 0 saturated carbocycles. The molecular weight excluding hydrogens is 327 g/mol. The van der Waals surface area contributed by atoms with Crippen molar-refractivity contribution in [3.8, 4) is 0 Å². The van der Waals surface area contributed by atoms with Crippen LogP contribution in [0.15, 0.2) is 42.0 Å². The van der Waals surface area contributed by atoms with Crippen molar-refractivity contribution in [2.75, 3.05) is 31.1 Å². The largest absolute Gasteiger partial charge is 0.352 e. The van der Waals surface area contributed by atoms with Crippen LogP contribution in [0.2, 0.25) is 0 Å². The van der Waals surface area contributed by atoms with Crippen molar-refractivity contribution in [3.05, 3.63) is 53.4 Å². The van der Waals surface area contributed by atoms with E-state index < -0.39 is 5.82 Å². The predicted octanol–water partition coefficient (Wildman–Crippen LogP) is 2.79. The van der Waals surface area contributed by atoms with Crippen molar-refractivity contribution in [1.82, 2.24) is 14.9 Å². The lowest BCUT2D eigenvalue weighted by atomic mass is 10.1. The molecule has 1 fully saturated rings.